The molecule has 0 aliphatic carbocycles. The molecule has 1 saturated heterocycles. The molecule has 1 aliphatic heterocycles. The average Bonchev–Trinajstić information content (AvgIpc) is 2.89. The molecule has 5 nitrogen and oxygen atoms in total. The molecule has 2 unspecified atom stereocenters. The molecule has 0 amide bonds. The van der Waals surface area contributed by atoms with Gasteiger partial charge in [-0.15, -0.1) is 0 Å². The zero-order valence-electron chi connectivity index (χ0n) is 12.6. The highest BCUT2D eigenvalue weighted by molar-refractivity contribution is 7.89. The van der Waals surface area contributed by atoms with Crippen LogP contribution >= 0.6 is 0 Å². The van der Waals surface area contributed by atoms with Crippen molar-refractivity contribution < 1.29 is 17.9 Å². The van der Waals surface area contributed by atoms with Crippen LogP contribution in [0.15, 0.2) is 29.2 Å². The Morgan fingerprint density at radius 3 is 2.43 bits per heavy atom. The molecule has 1 aromatic carbocycles. The second-order valence-electron chi connectivity index (χ2n) is 5.43. The molecule has 1 heterocycles. The standard InChI is InChI=1S/C15H21NO4S/c1-4-12-5-7-13(8-6-12)21(18,19)16-9-11(2)14(10-16)15(17)20-3/h5-8,11,14H,4,9-10H2,1-3H3. The topological polar surface area (TPSA) is 63.7 Å². The van der Waals surface area contributed by atoms with Crippen LogP contribution in [0.5, 0.6) is 0 Å². The van der Waals surface area contributed by atoms with Crippen LogP contribution in [0.1, 0.15) is 19.4 Å². The first-order valence-electron chi connectivity index (χ1n) is 7.07. The molecular weight excluding hydrogens is 290 g/mol. The van der Waals surface area contributed by atoms with E-state index in [0.29, 0.717) is 6.54 Å². The number of sulfonamides is 1. The van der Waals surface area contributed by atoms with E-state index >= 15 is 0 Å². The van der Waals surface area contributed by atoms with Gasteiger partial charge >= 0.3 is 5.97 Å². The highest BCUT2D eigenvalue weighted by atomic mass is 32.2. The third kappa shape index (κ3) is 3.11. The van der Waals surface area contributed by atoms with Gasteiger partial charge in [0.05, 0.1) is 17.9 Å². The van der Waals surface area contributed by atoms with Gasteiger partial charge in [0.25, 0.3) is 0 Å². The predicted molar refractivity (Wildman–Crippen MR) is 79.2 cm³/mol. The Labute approximate surface area is 126 Å². The molecule has 1 fully saturated rings. The number of rotatable bonds is 4. The number of benzene rings is 1. The minimum Gasteiger partial charge on any atom is -0.469 e. The van der Waals surface area contributed by atoms with Crippen molar-refractivity contribution in [2.45, 2.75) is 25.2 Å². The summed E-state index contributed by atoms with van der Waals surface area (Å²) < 4.78 is 31.3. The molecule has 6 heteroatoms. The van der Waals surface area contributed by atoms with Crippen molar-refractivity contribution in [1.29, 1.82) is 0 Å². The fraction of sp³-hybridized carbons (Fsp3) is 0.533. The van der Waals surface area contributed by atoms with Gasteiger partial charge in [0.1, 0.15) is 0 Å². The number of hydrogen-bond acceptors (Lipinski definition) is 4. The Kier molecular flexibility index (Phi) is 4.68. The zero-order valence-corrected chi connectivity index (χ0v) is 13.4. The van der Waals surface area contributed by atoms with Crippen molar-refractivity contribution in [2.75, 3.05) is 20.2 Å². The van der Waals surface area contributed by atoms with E-state index in [2.05, 4.69) is 0 Å². The summed E-state index contributed by atoms with van der Waals surface area (Å²) in [4.78, 5) is 11.9. The number of aryl methyl sites for hydroxylation is 1. The molecule has 21 heavy (non-hydrogen) atoms. The van der Waals surface area contributed by atoms with E-state index in [4.69, 9.17) is 4.74 Å². The number of methoxy groups -OCH3 is 1. The first-order chi connectivity index (χ1) is 9.90. The highest BCUT2D eigenvalue weighted by Gasteiger charge is 2.41. The van der Waals surface area contributed by atoms with Gasteiger partial charge in [0, 0.05) is 13.1 Å². The summed E-state index contributed by atoms with van der Waals surface area (Å²) in [6, 6.07) is 6.91. The van der Waals surface area contributed by atoms with Crippen LogP contribution in [-0.4, -0.2) is 38.9 Å². The van der Waals surface area contributed by atoms with E-state index in [0.717, 1.165) is 12.0 Å². The van der Waals surface area contributed by atoms with Crippen LogP contribution in [0.2, 0.25) is 0 Å². The maximum Gasteiger partial charge on any atom is 0.310 e. The van der Waals surface area contributed by atoms with E-state index in [1.165, 1.54) is 11.4 Å². The first kappa shape index (κ1) is 16.0. The molecule has 1 aliphatic rings. The Hall–Kier alpha value is -1.40. The Morgan fingerprint density at radius 1 is 1.29 bits per heavy atom. The molecule has 0 saturated carbocycles. The Bertz CT molecular complexity index is 609. The SMILES string of the molecule is CCc1ccc(S(=O)(=O)N2CC(C)C(C(=O)OC)C2)cc1. The number of carbonyl (C=O) groups is 1. The van der Waals surface area contributed by atoms with E-state index < -0.39 is 10.0 Å². The predicted octanol–water partition coefficient (Wildman–Crippen LogP) is 1.68. The molecule has 0 radical (unpaired) electrons. The van der Waals surface area contributed by atoms with Gasteiger partial charge in [0.15, 0.2) is 0 Å². The molecule has 116 valence electrons. The lowest BCUT2D eigenvalue weighted by Crippen LogP contribution is -2.30. The van der Waals surface area contributed by atoms with Crippen molar-refractivity contribution in [3.05, 3.63) is 29.8 Å². The zero-order chi connectivity index (χ0) is 15.6. The maximum atomic E-state index is 12.6. The molecule has 0 spiro atoms. The van der Waals surface area contributed by atoms with Crippen LogP contribution in [0.4, 0.5) is 0 Å². The summed E-state index contributed by atoms with van der Waals surface area (Å²) in [7, 11) is -2.22. The van der Waals surface area contributed by atoms with Crippen LogP contribution in [0.3, 0.4) is 0 Å². The largest absolute Gasteiger partial charge is 0.469 e. The van der Waals surface area contributed by atoms with Crippen LogP contribution in [0.25, 0.3) is 0 Å². The number of esters is 1. The summed E-state index contributed by atoms with van der Waals surface area (Å²) in [5.41, 5.74) is 1.09. The molecule has 0 aromatic heterocycles. The van der Waals surface area contributed by atoms with Gasteiger partial charge < -0.3 is 4.74 Å². The highest BCUT2D eigenvalue weighted by Crippen LogP contribution is 2.29. The van der Waals surface area contributed by atoms with Crippen molar-refractivity contribution in [3.63, 3.8) is 0 Å². The van der Waals surface area contributed by atoms with Gasteiger partial charge in [-0.3, -0.25) is 4.79 Å². The number of ether oxygens (including phenoxy) is 1. The monoisotopic (exact) mass is 311 g/mol. The number of hydrogen-bond donors (Lipinski definition) is 0. The van der Waals surface area contributed by atoms with Crippen LogP contribution in [-0.2, 0) is 26.0 Å². The van der Waals surface area contributed by atoms with Crippen molar-refractivity contribution in [2.24, 2.45) is 11.8 Å². The summed E-state index contributed by atoms with van der Waals surface area (Å²) in [6.45, 7) is 4.42. The van der Waals surface area contributed by atoms with Crippen LogP contribution < -0.4 is 0 Å². The quantitative estimate of drug-likeness (QED) is 0.794. The number of carbonyl (C=O) groups excluding carboxylic acids is 1. The second kappa shape index (κ2) is 6.15. The summed E-state index contributed by atoms with van der Waals surface area (Å²) in [5.74, 6) is -0.775. The van der Waals surface area contributed by atoms with Gasteiger partial charge in [0.2, 0.25) is 10.0 Å². The normalized spacial score (nSPS) is 23.2. The van der Waals surface area contributed by atoms with E-state index in [1.54, 1.807) is 12.1 Å². The molecular formula is C15H21NO4S. The van der Waals surface area contributed by atoms with E-state index in [9.17, 15) is 13.2 Å². The van der Waals surface area contributed by atoms with Gasteiger partial charge in [-0.2, -0.15) is 4.31 Å². The van der Waals surface area contributed by atoms with Gasteiger partial charge in [-0.25, -0.2) is 8.42 Å². The van der Waals surface area contributed by atoms with E-state index in [1.807, 2.05) is 26.0 Å². The first-order valence-corrected chi connectivity index (χ1v) is 8.51. The fourth-order valence-corrected chi connectivity index (χ4v) is 4.19. The molecule has 0 N–H and O–H groups in total. The summed E-state index contributed by atoms with van der Waals surface area (Å²) in [5, 5.41) is 0. The minimum atomic E-state index is -3.55. The fourth-order valence-electron chi connectivity index (χ4n) is 2.62. The lowest BCUT2D eigenvalue weighted by atomic mass is 9.99. The third-order valence-electron chi connectivity index (χ3n) is 4.05. The van der Waals surface area contributed by atoms with Gasteiger partial charge in [-0.1, -0.05) is 26.0 Å². The van der Waals surface area contributed by atoms with Crippen molar-refractivity contribution in [3.8, 4) is 0 Å². The molecule has 2 rings (SSSR count). The minimum absolute atomic E-state index is 0.0397. The Morgan fingerprint density at radius 2 is 1.90 bits per heavy atom. The number of nitrogens with zero attached hydrogens (tertiary/aromatic N) is 1. The van der Waals surface area contributed by atoms with Gasteiger partial charge in [-0.05, 0) is 30.0 Å². The molecule has 1 aromatic rings. The van der Waals surface area contributed by atoms with Crippen LogP contribution in [0, 0.1) is 11.8 Å². The second-order valence-corrected chi connectivity index (χ2v) is 7.36. The van der Waals surface area contributed by atoms with Crippen molar-refractivity contribution in [1.82, 2.24) is 4.31 Å². The lowest BCUT2D eigenvalue weighted by molar-refractivity contribution is -0.145. The summed E-state index contributed by atoms with van der Waals surface area (Å²) in [6.07, 6.45) is 0.867. The maximum absolute atomic E-state index is 12.6. The van der Waals surface area contributed by atoms with E-state index in [-0.39, 0.29) is 29.2 Å². The average molecular weight is 311 g/mol. The molecule has 0 bridgehead atoms. The Balaban J connectivity index is 2.22. The molecule has 2 atom stereocenters. The lowest BCUT2D eigenvalue weighted by Gasteiger charge is -2.16. The van der Waals surface area contributed by atoms with Crippen molar-refractivity contribution >= 4 is 16.0 Å². The summed E-state index contributed by atoms with van der Waals surface area (Å²) >= 11 is 0. The third-order valence-corrected chi connectivity index (χ3v) is 5.90. The smallest absolute Gasteiger partial charge is 0.310 e.